The number of nitriles is 1. The molecule has 1 N–H and O–H groups in total. The third-order valence-electron chi connectivity index (χ3n) is 3.44. The fraction of sp³-hybridized carbons (Fsp3) is 0.438. The first-order chi connectivity index (χ1) is 11.5. The monoisotopic (exact) mass is 358 g/mol. The van der Waals surface area contributed by atoms with Crippen LogP contribution in [-0.2, 0) is 9.53 Å². The molecule has 0 bridgehead atoms. The van der Waals surface area contributed by atoms with Crippen LogP contribution in [0.5, 0.6) is 5.75 Å². The number of hydrogen-bond acceptors (Lipinski definition) is 5. The van der Waals surface area contributed by atoms with Gasteiger partial charge in [-0.05, 0) is 37.1 Å². The smallest absolute Gasteiger partial charge is 0.452 e. The van der Waals surface area contributed by atoms with Gasteiger partial charge in [-0.1, -0.05) is 13.8 Å². The molecule has 1 aromatic rings. The van der Waals surface area contributed by atoms with Gasteiger partial charge in [-0.2, -0.15) is 5.26 Å². The Hall–Kier alpha value is -2.76. The number of esters is 1. The molecule has 0 unspecified atom stereocenters. The lowest BCUT2D eigenvalue weighted by Crippen LogP contribution is -2.50. The fourth-order valence-corrected chi connectivity index (χ4v) is 1.63. The number of benzene rings is 1. The fourth-order valence-electron chi connectivity index (χ4n) is 1.63. The third kappa shape index (κ3) is 6.33. The average molecular weight is 358 g/mol. The summed E-state index contributed by atoms with van der Waals surface area (Å²) < 4.78 is 44.6. The Labute approximate surface area is 142 Å². The SMILES string of the molecule is CC(C)[C@@](C)(C#N)NC(=O)COC(=O)c1ccc(OC(F)(F)F)cc1. The summed E-state index contributed by atoms with van der Waals surface area (Å²) in [5, 5.41) is 11.6. The van der Waals surface area contributed by atoms with Crippen molar-refractivity contribution in [1.82, 2.24) is 5.32 Å². The minimum atomic E-state index is -4.83. The van der Waals surface area contributed by atoms with Crippen LogP contribution in [0, 0.1) is 17.2 Å². The summed E-state index contributed by atoms with van der Waals surface area (Å²) >= 11 is 0. The van der Waals surface area contributed by atoms with E-state index in [1.165, 1.54) is 6.92 Å². The van der Waals surface area contributed by atoms with Gasteiger partial charge in [-0.25, -0.2) is 4.79 Å². The Morgan fingerprint density at radius 2 is 1.80 bits per heavy atom. The second kappa shape index (κ2) is 7.88. The summed E-state index contributed by atoms with van der Waals surface area (Å²) in [6.45, 7) is 4.42. The number of hydrogen-bond donors (Lipinski definition) is 1. The zero-order valence-corrected chi connectivity index (χ0v) is 13.8. The number of nitrogens with one attached hydrogen (secondary N) is 1. The highest BCUT2D eigenvalue weighted by Gasteiger charge is 2.31. The highest BCUT2D eigenvalue weighted by atomic mass is 19.4. The minimum Gasteiger partial charge on any atom is -0.452 e. The molecule has 0 fully saturated rings. The quantitative estimate of drug-likeness (QED) is 0.790. The summed E-state index contributed by atoms with van der Waals surface area (Å²) in [6.07, 6.45) is -4.83. The van der Waals surface area contributed by atoms with Crippen LogP contribution in [0.1, 0.15) is 31.1 Å². The maximum Gasteiger partial charge on any atom is 0.573 e. The van der Waals surface area contributed by atoms with Crippen LogP contribution in [-0.4, -0.2) is 30.4 Å². The molecule has 1 rings (SSSR count). The molecule has 1 atom stereocenters. The van der Waals surface area contributed by atoms with Crippen molar-refractivity contribution in [2.75, 3.05) is 6.61 Å². The highest BCUT2D eigenvalue weighted by molar-refractivity contribution is 5.91. The highest BCUT2D eigenvalue weighted by Crippen LogP contribution is 2.23. The first kappa shape index (κ1) is 20.3. The number of amides is 1. The van der Waals surface area contributed by atoms with E-state index in [9.17, 15) is 22.8 Å². The van der Waals surface area contributed by atoms with Crippen LogP contribution >= 0.6 is 0 Å². The lowest BCUT2D eigenvalue weighted by molar-refractivity contribution is -0.274. The molecule has 0 spiro atoms. The molecule has 0 aliphatic heterocycles. The van der Waals surface area contributed by atoms with E-state index in [1.807, 2.05) is 6.07 Å². The number of nitrogens with zero attached hydrogens (tertiary/aromatic N) is 1. The summed E-state index contributed by atoms with van der Waals surface area (Å²) in [4.78, 5) is 23.6. The van der Waals surface area contributed by atoms with E-state index in [0.29, 0.717) is 0 Å². The Balaban J connectivity index is 2.60. The molecule has 0 radical (unpaired) electrons. The van der Waals surface area contributed by atoms with E-state index in [1.54, 1.807) is 13.8 Å². The van der Waals surface area contributed by atoms with Crippen molar-refractivity contribution in [2.24, 2.45) is 5.92 Å². The lowest BCUT2D eigenvalue weighted by atomic mass is 9.90. The maximum absolute atomic E-state index is 12.1. The molecule has 0 saturated heterocycles. The molecular formula is C16H17F3N2O4. The van der Waals surface area contributed by atoms with Gasteiger partial charge in [0, 0.05) is 0 Å². The Morgan fingerprint density at radius 1 is 1.24 bits per heavy atom. The molecule has 0 saturated carbocycles. The normalized spacial score (nSPS) is 13.5. The van der Waals surface area contributed by atoms with E-state index < -0.39 is 36.1 Å². The first-order valence-corrected chi connectivity index (χ1v) is 7.22. The van der Waals surface area contributed by atoms with E-state index in [-0.39, 0.29) is 11.5 Å². The summed E-state index contributed by atoms with van der Waals surface area (Å²) in [6, 6.07) is 6.04. The Kier molecular flexibility index (Phi) is 6.39. The average Bonchev–Trinajstić information content (AvgIpc) is 2.51. The van der Waals surface area contributed by atoms with E-state index >= 15 is 0 Å². The van der Waals surface area contributed by atoms with Crippen LogP contribution < -0.4 is 10.1 Å². The van der Waals surface area contributed by atoms with Crippen molar-refractivity contribution in [3.63, 3.8) is 0 Å². The van der Waals surface area contributed by atoms with Gasteiger partial charge in [0.15, 0.2) is 6.61 Å². The van der Waals surface area contributed by atoms with Crippen molar-refractivity contribution in [3.8, 4) is 11.8 Å². The molecule has 9 heteroatoms. The van der Waals surface area contributed by atoms with Crippen LogP contribution in [0.4, 0.5) is 13.2 Å². The third-order valence-corrected chi connectivity index (χ3v) is 3.44. The predicted molar refractivity (Wildman–Crippen MR) is 80.4 cm³/mol. The van der Waals surface area contributed by atoms with Crippen molar-refractivity contribution >= 4 is 11.9 Å². The zero-order chi connectivity index (χ0) is 19.3. The van der Waals surface area contributed by atoms with Gasteiger partial charge in [0.05, 0.1) is 11.6 Å². The second-order valence-electron chi connectivity index (χ2n) is 5.67. The van der Waals surface area contributed by atoms with Crippen molar-refractivity contribution in [3.05, 3.63) is 29.8 Å². The topological polar surface area (TPSA) is 88.4 Å². The second-order valence-corrected chi connectivity index (χ2v) is 5.67. The van der Waals surface area contributed by atoms with Gasteiger partial charge < -0.3 is 14.8 Å². The molecule has 1 amide bonds. The minimum absolute atomic E-state index is 0.0470. The molecule has 25 heavy (non-hydrogen) atoms. The molecular weight excluding hydrogens is 341 g/mol. The lowest BCUT2D eigenvalue weighted by Gasteiger charge is -2.27. The van der Waals surface area contributed by atoms with Gasteiger partial charge in [-0.15, -0.1) is 13.2 Å². The van der Waals surface area contributed by atoms with Crippen LogP contribution in [0.15, 0.2) is 24.3 Å². The van der Waals surface area contributed by atoms with Gasteiger partial charge >= 0.3 is 12.3 Å². The van der Waals surface area contributed by atoms with Crippen LogP contribution in [0.2, 0.25) is 0 Å². The van der Waals surface area contributed by atoms with Gasteiger partial charge in [-0.3, -0.25) is 4.79 Å². The number of carbonyl (C=O) groups is 2. The molecule has 0 aromatic heterocycles. The number of halogens is 3. The van der Waals surface area contributed by atoms with Gasteiger partial charge in [0.25, 0.3) is 5.91 Å². The number of carbonyl (C=O) groups excluding carboxylic acids is 2. The van der Waals surface area contributed by atoms with E-state index in [2.05, 4.69) is 10.1 Å². The van der Waals surface area contributed by atoms with Crippen molar-refractivity contribution < 1.29 is 32.2 Å². The zero-order valence-electron chi connectivity index (χ0n) is 13.8. The Morgan fingerprint density at radius 3 is 2.24 bits per heavy atom. The predicted octanol–water partition coefficient (Wildman–Crippen LogP) is 2.80. The molecule has 0 aliphatic rings. The van der Waals surface area contributed by atoms with E-state index in [4.69, 9.17) is 10.00 Å². The summed E-state index contributed by atoms with van der Waals surface area (Å²) in [5.41, 5.74) is -1.16. The maximum atomic E-state index is 12.1. The molecule has 1 aromatic carbocycles. The number of alkyl halides is 3. The largest absolute Gasteiger partial charge is 0.573 e. The van der Waals surface area contributed by atoms with Crippen molar-refractivity contribution in [2.45, 2.75) is 32.7 Å². The standard InChI is InChI=1S/C16H17F3N2O4/c1-10(2)15(3,9-20)21-13(22)8-24-14(23)11-4-6-12(7-5-11)25-16(17,18)19/h4-7,10H,8H2,1-3H3,(H,21,22)/t15-/m1/s1. The molecule has 0 aliphatic carbocycles. The molecule has 6 nitrogen and oxygen atoms in total. The van der Waals surface area contributed by atoms with Crippen LogP contribution in [0.25, 0.3) is 0 Å². The summed E-state index contributed by atoms with van der Waals surface area (Å²) in [7, 11) is 0. The molecule has 136 valence electrons. The number of ether oxygens (including phenoxy) is 2. The van der Waals surface area contributed by atoms with Crippen LogP contribution in [0.3, 0.4) is 0 Å². The van der Waals surface area contributed by atoms with E-state index in [0.717, 1.165) is 24.3 Å². The van der Waals surface area contributed by atoms with Gasteiger partial charge in [0.1, 0.15) is 11.3 Å². The summed E-state index contributed by atoms with van der Waals surface area (Å²) in [5.74, 6) is -2.21. The van der Waals surface area contributed by atoms with Gasteiger partial charge in [0.2, 0.25) is 0 Å². The first-order valence-electron chi connectivity index (χ1n) is 7.22. The molecule has 0 heterocycles. The number of rotatable bonds is 6. The van der Waals surface area contributed by atoms with Crippen molar-refractivity contribution in [1.29, 1.82) is 5.26 Å². The Bertz CT molecular complexity index is 665.